The summed E-state index contributed by atoms with van der Waals surface area (Å²) in [5.74, 6) is -0.154. The van der Waals surface area contributed by atoms with Crippen molar-refractivity contribution >= 4 is 11.6 Å². The second kappa shape index (κ2) is 8.00. The molecule has 0 radical (unpaired) electrons. The van der Waals surface area contributed by atoms with Crippen molar-refractivity contribution in [1.29, 1.82) is 0 Å². The first kappa shape index (κ1) is 18.8. The molecule has 25 heavy (non-hydrogen) atoms. The minimum absolute atomic E-state index is 0.400. The van der Waals surface area contributed by atoms with E-state index in [9.17, 15) is 18.0 Å². The molecule has 136 valence electrons. The molecule has 2 aromatic rings. The fourth-order valence-electron chi connectivity index (χ4n) is 2.18. The smallest absolute Gasteiger partial charge is 0.389 e. The van der Waals surface area contributed by atoms with Gasteiger partial charge in [-0.2, -0.15) is 18.3 Å². The van der Waals surface area contributed by atoms with Crippen LogP contribution < -0.4 is 10.1 Å². The summed E-state index contributed by atoms with van der Waals surface area (Å²) in [5, 5.41) is 6.90. The monoisotopic (exact) mass is 356 g/mol. The summed E-state index contributed by atoms with van der Waals surface area (Å²) < 4.78 is 43.3. The highest BCUT2D eigenvalue weighted by Gasteiger charge is 2.28. The molecule has 0 atom stereocenters. The maximum absolute atomic E-state index is 12.2. The molecule has 0 saturated heterocycles. The van der Waals surface area contributed by atoms with Crippen molar-refractivity contribution in [1.82, 2.24) is 14.8 Å². The number of methoxy groups -OCH3 is 1. The van der Waals surface area contributed by atoms with E-state index in [2.05, 4.69) is 15.4 Å². The molecule has 9 heteroatoms. The molecule has 0 fully saturated rings. The third kappa shape index (κ3) is 5.47. The number of carbonyl (C=O) groups excluding carboxylic acids is 1. The van der Waals surface area contributed by atoms with Crippen molar-refractivity contribution in [3.63, 3.8) is 0 Å². The summed E-state index contributed by atoms with van der Waals surface area (Å²) in [6.07, 6.45) is -0.109. The van der Waals surface area contributed by atoms with Crippen LogP contribution in [0.5, 0.6) is 5.75 Å². The van der Waals surface area contributed by atoms with Crippen molar-refractivity contribution < 1.29 is 22.7 Å². The second-order valence-electron chi connectivity index (χ2n) is 5.43. The average molecular weight is 356 g/mol. The maximum atomic E-state index is 12.2. The largest absolute Gasteiger partial charge is 0.495 e. The Morgan fingerprint density at radius 3 is 2.76 bits per heavy atom. The van der Waals surface area contributed by atoms with E-state index in [1.807, 2.05) is 6.92 Å². The normalized spacial score (nSPS) is 11.4. The highest BCUT2D eigenvalue weighted by Crippen LogP contribution is 2.23. The Bertz CT molecular complexity index is 728. The number of nitrogens with zero attached hydrogens (tertiary/aromatic N) is 3. The number of amides is 1. The fraction of sp³-hybridized carbons (Fsp3) is 0.438. The third-order valence-electron chi connectivity index (χ3n) is 3.39. The van der Waals surface area contributed by atoms with E-state index in [4.69, 9.17) is 4.74 Å². The topological polar surface area (TPSA) is 69.0 Å². The Morgan fingerprint density at radius 2 is 2.12 bits per heavy atom. The number of rotatable bonds is 7. The van der Waals surface area contributed by atoms with Gasteiger partial charge < -0.3 is 10.1 Å². The van der Waals surface area contributed by atoms with Gasteiger partial charge in [-0.05, 0) is 6.42 Å². The number of aryl methyl sites for hydroxylation is 1. The van der Waals surface area contributed by atoms with E-state index in [-0.39, 0.29) is 0 Å². The first-order chi connectivity index (χ1) is 11.8. The van der Waals surface area contributed by atoms with Gasteiger partial charge in [-0.3, -0.25) is 9.78 Å². The van der Waals surface area contributed by atoms with Crippen LogP contribution in [-0.2, 0) is 11.2 Å². The molecule has 0 saturated carbocycles. The molecule has 0 unspecified atom stereocenters. The Kier molecular flexibility index (Phi) is 6.00. The SMILES string of the molecule is CCCc1nn(-c2cncc(OC)c2)cc1NC(=O)CCC(F)(F)F. The quantitative estimate of drug-likeness (QED) is 0.824. The first-order valence-electron chi connectivity index (χ1n) is 7.77. The molecule has 6 nitrogen and oxygen atoms in total. The number of aromatic nitrogens is 3. The highest BCUT2D eigenvalue weighted by atomic mass is 19.4. The predicted octanol–water partition coefficient (Wildman–Crippen LogP) is 3.51. The van der Waals surface area contributed by atoms with Crippen LogP contribution in [0.3, 0.4) is 0 Å². The van der Waals surface area contributed by atoms with Crippen molar-refractivity contribution in [3.8, 4) is 11.4 Å². The van der Waals surface area contributed by atoms with Crippen molar-refractivity contribution in [3.05, 3.63) is 30.4 Å². The van der Waals surface area contributed by atoms with Gasteiger partial charge in [-0.25, -0.2) is 4.68 Å². The fourth-order valence-corrected chi connectivity index (χ4v) is 2.18. The minimum atomic E-state index is -4.36. The molecular weight excluding hydrogens is 337 g/mol. The zero-order valence-corrected chi connectivity index (χ0v) is 13.9. The van der Waals surface area contributed by atoms with Crippen LogP contribution in [0.15, 0.2) is 24.7 Å². The summed E-state index contributed by atoms with van der Waals surface area (Å²) in [7, 11) is 1.51. The Hall–Kier alpha value is -2.58. The Morgan fingerprint density at radius 1 is 1.36 bits per heavy atom. The van der Waals surface area contributed by atoms with Gasteiger partial charge in [-0.1, -0.05) is 13.3 Å². The molecule has 2 rings (SSSR count). The van der Waals surface area contributed by atoms with Gasteiger partial charge in [0.1, 0.15) is 5.75 Å². The average Bonchev–Trinajstić information content (AvgIpc) is 2.95. The molecule has 0 spiro atoms. The summed E-state index contributed by atoms with van der Waals surface area (Å²) >= 11 is 0. The van der Waals surface area contributed by atoms with Crippen molar-refractivity contribution in [2.45, 2.75) is 38.8 Å². The lowest BCUT2D eigenvalue weighted by atomic mass is 10.2. The molecule has 0 aromatic carbocycles. The molecular formula is C16H19F3N4O2. The summed E-state index contributed by atoms with van der Waals surface area (Å²) in [4.78, 5) is 15.8. The van der Waals surface area contributed by atoms with Crippen LogP contribution in [0, 0.1) is 0 Å². The van der Waals surface area contributed by atoms with Crippen LogP contribution in [-0.4, -0.2) is 34.0 Å². The number of ether oxygens (including phenoxy) is 1. The molecule has 1 N–H and O–H groups in total. The second-order valence-corrected chi connectivity index (χ2v) is 5.43. The Balaban J connectivity index is 2.19. The van der Waals surface area contributed by atoms with E-state index in [1.54, 1.807) is 24.7 Å². The zero-order valence-electron chi connectivity index (χ0n) is 13.9. The number of hydrogen-bond donors (Lipinski definition) is 1. The number of nitrogens with one attached hydrogen (secondary N) is 1. The minimum Gasteiger partial charge on any atom is -0.495 e. The van der Waals surface area contributed by atoms with Gasteiger partial charge in [0.05, 0.1) is 49.2 Å². The lowest BCUT2D eigenvalue weighted by Gasteiger charge is -2.07. The zero-order chi connectivity index (χ0) is 18.4. The molecule has 2 heterocycles. The van der Waals surface area contributed by atoms with E-state index in [0.29, 0.717) is 29.2 Å². The number of carbonyl (C=O) groups is 1. The standard InChI is InChI=1S/C16H19F3N4O2/c1-3-4-13-14(21-15(24)5-6-16(17,18)19)10-23(22-13)11-7-12(25-2)9-20-8-11/h7-10H,3-6H2,1-2H3,(H,21,24). The van der Waals surface area contributed by atoms with Gasteiger partial charge in [-0.15, -0.1) is 0 Å². The molecule has 0 aliphatic carbocycles. The predicted molar refractivity (Wildman–Crippen MR) is 85.8 cm³/mol. The number of hydrogen-bond acceptors (Lipinski definition) is 4. The summed E-state index contributed by atoms with van der Waals surface area (Å²) in [5.41, 5.74) is 1.62. The van der Waals surface area contributed by atoms with Gasteiger partial charge in [0.15, 0.2) is 0 Å². The first-order valence-corrected chi connectivity index (χ1v) is 7.77. The molecule has 2 aromatic heterocycles. The van der Waals surface area contributed by atoms with Crippen molar-refractivity contribution in [2.24, 2.45) is 0 Å². The van der Waals surface area contributed by atoms with Crippen LogP contribution >= 0.6 is 0 Å². The highest BCUT2D eigenvalue weighted by molar-refractivity contribution is 5.91. The van der Waals surface area contributed by atoms with Crippen LogP contribution in [0.4, 0.5) is 18.9 Å². The van der Waals surface area contributed by atoms with Gasteiger partial charge in [0, 0.05) is 12.5 Å². The van der Waals surface area contributed by atoms with Crippen LogP contribution in [0.1, 0.15) is 31.9 Å². The van der Waals surface area contributed by atoms with Gasteiger partial charge >= 0.3 is 6.18 Å². The summed E-state index contributed by atoms with van der Waals surface area (Å²) in [6.45, 7) is 1.95. The lowest BCUT2D eigenvalue weighted by molar-refractivity contribution is -0.142. The molecule has 0 aliphatic heterocycles. The van der Waals surface area contributed by atoms with Crippen molar-refractivity contribution in [2.75, 3.05) is 12.4 Å². The number of pyridine rings is 1. The molecule has 1 amide bonds. The van der Waals surface area contributed by atoms with Gasteiger partial charge in [0.2, 0.25) is 5.91 Å². The number of anilines is 1. The maximum Gasteiger partial charge on any atom is 0.389 e. The number of alkyl halides is 3. The summed E-state index contributed by atoms with van der Waals surface area (Å²) in [6, 6.07) is 1.71. The Labute approximate surface area is 143 Å². The van der Waals surface area contributed by atoms with E-state index >= 15 is 0 Å². The molecule has 0 aliphatic rings. The van der Waals surface area contributed by atoms with Gasteiger partial charge in [0.25, 0.3) is 0 Å². The lowest BCUT2D eigenvalue weighted by Crippen LogP contribution is -2.17. The molecule has 0 bridgehead atoms. The number of halogens is 3. The van der Waals surface area contributed by atoms with Crippen LogP contribution in [0.25, 0.3) is 5.69 Å². The van der Waals surface area contributed by atoms with E-state index in [1.165, 1.54) is 11.8 Å². The van der Waals surface area contributed by atoms with Crippen LogP contribution in [0.2, 0.25) is 0 Å². The van der Waals surface area contributed by atoms with E-state index < -0.39 is 24.9 Å². The third-order valence-corrected chi connectivity index (χ3v) is 3.39. The van der Waals surface area contributed by atoms with E-state index in [0.717, 1.165) is 6.42 Å².